The molecule has 0 radical (unpaired) electrons. The number of piperazine rings is 1. The molecule has 8 heteroatoms. The Hall–Kier alpha value is -3.02. The van der Waals surface area contributed by atoms with Crippen molar-refractivity contribution in [3.8, 4) is 17.5 Å². The van der Waals surface area contributed by atoms with Crippen LogP contribution in [-0.4, -0.2) is 45.8 Å². The second-order valence-electron chi connectivity index (χ2n) is 6.75. The van der Waals surface area contributed by atoms with Gasteiger partial charge in [0.25, 0.3) is 4.84 Å². The molecule has 0 aliphatic carbocycles. The molecule has 0 bridgehead atoms. The van der Waals surface area contributed by atoms with Crippen LogP contribution in [0, 0.1) is 23.1 Å². The molecule has 28 heavy (non-hydrogen) atoms. The van der Waals surface area contributed by atoms with Gasteiger partial charge in [-0.2, -0.15) is 5.26 Å². The summed E-state index contributed by atoms with van der Waals surface area (Å²) >= 11 is 5.37. The zero-order valence-electron chi connectivity index (χ0n) is 15.6. The molecule has 1 aromatic carbocycles. The van der Waals surface area contributed by atoms with Crippen molar-refractivity contribution < 1.29 is 4.42 Å². The van der Waals surface area contributed by atoms with E-state index in [4.69, 9.17) is 21.9 Å². The number of rotatable bonds is 4. The van der Waals surface area contributed by atoms with Gasteiger partial charge < -0.3 is 9.32 Å². The lowest BCUT2D eigenvalue weighted by Crippen LogP contribution is -2.47. The molecular formula is C20H20N6OS. The van der Waals surface area contributed by atoms with Gasteiger partial charge in [-0.3, -0.25) is 4.90 Å². The normalized spacial score (nSPS) is 14.8. The number of benzene rings is 1. The Labute approximate surface area is 168 Å². The molecule has 2 aromatic heterocycles. The fraction of sp³-hybridized carbons (Fsp3) is 0.300. The predicted molar refractivity (Wildman–Crippen MR) is 108 cm³/mol. The van der Waals surface area contributed by atoms with Gasteiger partial charge in [0.15, 0.2) is 0 Å². The summed E-state index contributed by atoms with van der Waals surface area (Å²) in [5, 5.41) is 13.6. The molecule has 1 aliphatic heterocycles. The van der Waals surface area contributed by atoms with Crippen LogP contribution in [0.15, 0.2) is 47.0 Å². The zero-order chi connectivity index (χ0) is 19.5. The number of aryl methyl sites for hydroxylation is 1. The first-order valence-electron chi connectivity index (χ1n) is 9.11. The lowest BCUT2D eigenvalue weighted by Gasteiger charge is -2.35. The minimum absolute atomic E-state index is 0.379. The van der Waals surface area contributed by atoms with Gasteiger partial charge in [0.1, 0.15) is 5.82 Å². The summed E-state index contributed by atoms with van der Waals surface area (Å²) in [7, 11) is 0. The van der Waals surface area contributed by atoms with Crippen LogP contribution in [0.4, 0.5) is 5.82 Å². The summed E-state index contributed by atoms with van der Waals surface area (Å²) in [5.74, 6) is 1.40. The van der Waals surface area contributed by atoms with Crippen molar-refractivity contribution >= 4 is 18.0 Å². The maximum Gasteiger partial charge on any atom is 0.288 e. The van der Waals surface area contributed by atoms with Crippen molar-refractivity contribution in [1.82, 2.24) is 19.7 Å². The number of pyridine rings is 1. The Morgan fingerprint density at radius 3 is 2.71 bits per heavy atom. The molecule has 1 fully saturated rings. The maximum atomic E-state index is 9.06. The Morgan fingerprint density at radius 2 is 1.96 bits per heavy atom. The molecule has 0 saturated carbocycles. The molecule has 1 aliphatic rings. The predicted octanol–water partition coefficient (Wildman–Crippen LogP) is 3.23. The highest BCUT2D eigenvalue weighted by molar-refractivity contribution is 7.71. The largest absolute Gasteiger partial charge is 0.409 e. The highest BCUT2D eigenvalue weighted by Gasteiger charge is 2.20. The van der Waals surface area contributed by atoms with Crippen molar-refractivity contribution in [2.24, 2.45) is 0 Å². The quantitative estimate of drug-likeness (QED) is 0.631. The highest BCUT2D eigenvalue weighted by atomic mass is 32.1. The van der Waals surface area contributed by atoms with E-state index in [0.717, 1.165) is 43.1 Å². The van der Waals surface area contributed by atoms with E-state index >= 15 is 0 Å². The number of hydrogen-bond donors (Lipinski definition) is 0. The van der Waals surface area contributed by atoms with Crippen LogP contribution in [0.1, 0.15) is 11.1 Å². The summed E-state index contributed by atoms with van der Waals surface area (Å²) in [4.78, 5) is 9.24. The third kappa shape index (κ3) is 3.81. The SMILES string of the molecule is Cc1ccccc1-c1nn(CN2CCN(c3cc(C#N)ccn3)CC2)c(=S)o1. The standard InChI is InChI=1S/C20H20N6OS/c1-15-4-2-3-5-17(15)19-23-26(20(28)27-19)14-24-8-10-25(11-9-24)18-12-16(13-21)6-7-22-18/h2-7,12H,8-11,14H2,1H3. The lowest BCUT2D eigenvalue weighted by molar-refractivity contribution is 0.192. The van der Waals surface area contributed by atoms with Crippen LogP contribution >= 0.6 is 12.2 Å². The van der Waals surface area contributed by atoms with Crippen LogP contribution in [0.2, 0.25) is 0 Å². The van der Waals surface area contributed by atoms with Gasteiger partial charge in [-0.1, -0.05) is 18.2 Å². The maximum absolute atomic E-state index is 9.06. The number of aromatic nitrogens is 3. The number of nitriles is 1. The monoisotopic (exact) mass is 392 g/mol. The number of anilines is 1. The van der Waals surface area contributed by atoms with E-state index in [-0.39, 0.29) is 0 Å². The van der Waals surface area contributed by atoms with Crippen molar-refractivity contribution in [1.29, 1.82) is 5.26 Å². The first-order valence-corrected chi connectivity index (χ1v) is 9.52. The third-order valence-corrected chi connectivity index (χ3v) is 5.18. The Kier molecular flexibility index (Phi) is 5.19. The molecule has 0 unspecified atom stereocenters. The first kappa shape index (κ1) is 18.3. The van der Waals surface area contributed by atoms with Gasteiger partial charge >= 0.3 is 0 Å². The van der Waals surface area contributed by atoms with Gasteiger partial charge in [0.05, 0.1) is 18.3 Å². The molecule has 0 atom stereocenters. The van der Waals surface area contributed by atoms with Crippen molar-refractivity contribution in [2.45, 2.75) is 13.6 Å². The van der Waals surface area contributed by atoms with E-state index in [1.54, 1.807) is 16.9 Å². The molecule has 1 saturated heterocycles. The molecule has 142 valence electrons. The summed E-state index contributed by atoms with van der Waals surface area (Å²) in [6.07, 6.45) is 1.68. The summed E-state index contributed by atoms with van der Waals surface area (Å²) in [6.45, 7) is 5.99. The van der Waals surface area contributed by atoms with Crippen LogP contribution in [-0.2, 0) is 6.67 Å². The van der Waals surface area contributed by atoms with Gasteiger partial charge in [0, 0.05) is 37.9 Å². The summed E-state index contributed by atoms with van der Waals surface area (Å²) in [5.41, 5.74) is 2.69. The fourth-order valence-electron chi connectivity index (χ4n) is 3.29. The average molecular weight is 392 g/mol. The average Bonchev–Trinajstić information content (AvgIpc) is 3.09. The van der Waals surface area contributed by atoms with E-state index in [0.29, 0.717) is 23.0 Å². The van der Waals surface area contributed by atoms with Crippen LogP contribution in [0.5, 0.6) is 0 Å². The lowest BCUT2D eigenvalue weighted by atomic mass is 10.1. The van der Waals surface area contributed by atoms with Gasteiger partial charge in [-0.25, -0.2) is 9.67 Å². The van der Waals surface area contributed by atoms with Gasteiger partial charge in [-0.15, -0.1) is 5.10 Å². The Bertz CT molecular complexity index is 1070. The van der Waals surface area contributed by atoms with E-state index < -0.39 is 0 Å². The molecule has 0 N–H and O–H groups in total. The van der Waals surface area contributed by atoms with Crippen molar-refractivity contribution in [3.05, 3.63) is 58.6 Å². The van der Waals surface area contributed by atoms with E-state index in [1.807, 2.05) is 37.3 Å². The van der Waals surface area contributed by atoms with E-state index in [9.17, 15) is 0 Å². The van der Waals surface area contributed by atoms with Crippen LogP contribution in [0.3, 0.4) is 0 Å². The molecule has 4 rings (SSSR count). The molecule has 0 spiro atoms. The van der Waals surface area contributed by atoms with E-state index in [2.05, 4.69) is 26.0 Å². The molecular weight excluding hydrogens is 372 g/mol. The van der Waals surface area contributed by atoms with Crippen molar-refractivity contribution in [3.63, 3.8) is 0 Å². The second kappa shape index (κ2) is 7.92. The smallest absolute Gasteiger partial charge is 0.288 e. The van der Waals surface area contributed by atoms with Crippen molar-refractivity contribution in [2.75, 3.05) is 31.1 Å². The van der Waals surface area contributed by atoms with Crippen LogP contribution < -0.4 is 4.90 Å². The fourth-order valence-corrected chi connectivity index (χ4v) is 3.46. The minimum atomic E-state index is 0.379. The first-order chi connectivity index (χ1) is 13.6. The molecule has 0 amide bonds. The summed E-state index contributed by atoms with van der Waals surface area (Å²) < 4.78 is 7.47. The molecule has 3 heterocycles. The summed E-state index contributed by atoms with van der Waals surface area (Å²) in [6, 6.07) is 13.7. The zero-order valence-corrected chi connectivity index (χ0v) is 16.4. The Balaban J connectivity index is 1.42. The molecule has 7 nitrogen and oxygen atoms in total. The minimum Gasteiger partial charge on any atom is -0.409 e. The third-order valence-electron chi connectivity index (χ3n) is 4.89. The molecule has 3 aromatic rings. The van der Waals surface area contributed by atoms with Gasteiger partial charge in [0.2, 0.25) is 5.89 Å². The van der Waals surface area contributed by atoms with E-state index in [1.165, 1.54) is 0 Å². The highest BCUT2D eigenvalue weighted by Crippen LogP contribution is 2.22. The number of hydrogen-bond acceptors (Lipinski definition) is 7. The van der Waals surface area contributed by atoms with Crippen LogP contribution in [0.25, 0.3) is 11.5 Å². The second-order valence-corrected chi connectivity index (χ2v) is 7.10. The topological polar surface area (TPSA) is 74.1 Å². The number of nitrogens with zero attached hydrogens (tertiary/aromatic N) is 6. The van der Waals surface area contributed by atoms with Gasteiger partial charge in [-0.05, 0) is 42.9 Å². The Morgan fingerprint density at radius 1 is 1.18 bits per heavy atom.